The number of likely N-dealkylation sites (tertiary alicyclic amines) is 1. The van der Waals surface area contributed by atoms with E-state index in [4.69, 9.17) is 0 Å². The number of ketones is 1. The zero-order valence-corrected chi connectivity index (χ0v) is 18.1. The zero-order valence-electron chi connectivity index (χ0n) is 18.1. The van der Waals surface area contributed by atoms with Crippen LogP contribution in [-0.2, 0) is 23.9 Å². The second kappa shape index (κ2) is 8.53. The highest BCUT2D eigenvalue weighted by Gasteiger charge is 2.58. The van der Waals surface area contributed by atoms with Gasteiger partial charge in [0.25, 0.3) is 5.91 Å². The maximum atomic E-state index is 13.2. The molecule has 2 aliphatic carbocycles. The first-order valence-corrected chi connectivity index (χ1v) is 11.3. The van der Waals surface area contributed by atoms with Gasteiger partial charge in [0.05, 0.1) is 6.04 Å². The SMILES string of the molecule is O=C1NCC[C@H]1C[C@H](NC(=O)[C@@H]1CC2(CC2)CN1C(=O)C1(O)CCC1)C(=O)COC(F)(F)F. The molecule has 2 saturated heterocycles. The van der Waals surface area contributed by atoms with E-state index in [0.717, 1.165) is 12.8 Å². The highest BCUT2D eigenvalue weighted by molar-refractivity contribution is 5.96. The number of aliphatic hydroxyl groups is 1. The molecule has 3 amide bonds. The van der Waals surface area contributed by atoms with Crippen molar-refractivity contribution in [1.82, 2.24) is 15.5 Å². The number of hydrogen-bond acceptors (Lipinski definition) is 6. The Bertz CT molecular complexity index is 840. The molecule has 184 valence electrons. The number of carbonyl (C=O) groups excluding carboxylic acids is 4. The normalized spacial score (nSPS) is 28.2. The summed E-state index contributed by atoms with van der Waals surface area (Å²) in [5.74, 6) is -3.15. The minimum Gasteiger partial charge on any atom is -0.380 e. The third kappa shape index (κ3) is 5.16. The van der Waals surface area contributed by atoms with Gasteiger partial charge < -0.3 is 20.6 Å². The second-order valence-electron chi connectivity index (χ2n) is 9.81. The number of ether oxygens (including phenoxy) is 1. The summed E-state index contributed by atoms with van der Waals surface area (Å²) in [5, 5.41) is 15.6. The number of rotatable bonds is 8. The molecular formula is C21H28F3N3O6. The first kappa shape index (κ1) is 23.9. The van der Waals surface area contributed by atoms with E-state index in [9.17, 15) is 37.5 Å². The van der Waals surface area contributed by atoms with Crippen molar-refractivity contribution in [3.8, 4) is 0 Å². The number of Topliss-reactive ketones (excluding diaryl/α,β-unsaturated/α-hetero) is 1. The molecule has 4 rings (SSSR count). The lowest BCUT2D eigenvalue weighted by Gasteiger charge is -2.39. The van der Waals surface area contributed by atoms with E-state index >= 15 is 0 Å². The summed E-state index contributed by atoms with van der Waals surface area (Å²) < 4.78 is 41.0. The summed E-state index contributed by atoms with van der Waals surface area (Å²) >= 11 is 0. The average molecular weight is 475 g/mol. The molecular weight excluding hydrogens is 447 g/mol. The molecule has 0 unspecified atom stereocenters. The summed E-state index contributed by atoms with van der Waals surface area (Å²) in [4.78, 5) is 52.0. The average Bonchev–Trinajstić information content (AvgIpc) is 3.18. The van der Waals surface area contributed by atoms with Gasteiger partial charge in [-0.3, -0.25) is 23.9 Å². The Labute approximate surface area is 188 Å². The minimum atomic E-state index is -5.01. The molecule has 0 radical (unpaired) electrons. The van der Waals surface area contributed by atoms with Gasteiger partial charge in [0.2, 0.25) is 11.8 Å². The molecule has 12 heteroatoms. The van der Waals surface area contributed by atoms with Gasteiger partial charge in [-0.15, -0.1) is 13.2 Å². The highest BCUT2D eigenvalue weighted by atomic mass is 19.4. The fourth-order valence-electron chi connectivity index (χ4n) is 4.98. The lowest BCUT2D eigenvalue weighted by atomic mass is 9.79. The third-order valence-electron chi connectivity index (χ3n) is 7.37. The zero-order chi connectivity index (χ0) is 24.0. The van der Waals surface area contributed by atoms with Gasteiger partial charge in [-0.25, -0.2) is 0 Å². The molecule has 4 fully saturated rings. The Morgan fingerprint density at radius 2 is 1.94 bits per heavy atom. The molecule has 3 N–H and O–H groups in total. The van der Waals surface area contributed by atoms with E-state index in [2.05, 4.69) is 15.4 Å². The van der Waals surface area contributed by atoms with Crippen LogP contribution in [0, 0.1) is 11.3 Å². The largest absolute Gasteiger partial charge is 0.522 e. The van der Waals surface area contributed by atoms with E-state index in [0.29, 0.717) is 45.2 Å². The van der Waals surface area contributed by atoms with Crippen molar-refractivity contribution in [3.05, 3.63) is 0 Å². The number of hydrogen-bond donors (Lipinski definition) is 3. The van der Waals surface area contributed by atoms with Crippen LogP contribution in [0.25, 0.3) is 0 Å². The molecule has 2 aliphatic heterocycles. The topological polar surface area (TPSA) is 125 Å². The molecule has 0 aromatic rings. The third-order valence-corrected chi connectivity index (χ3v) is 7.37. The maximum absolute atomic E-state index is 13.2. The van der Waals surface area contributed by atoms with Gasteiger partial charge in [-0.1, -0.05) is 0 Å². The standard InChI is InChI=1S/C21H28F3N3O6/c22-21(23,24)33-10-15(28)13(8-12-2-7-25-16(12)29)26-17(30)14-9-19(5-6-19)11-27(14)18(31)20(32)3-1-4-20/h12-14,32H,1-11H2,(H,25,29)(H,26,30)/t12-,13-,14-/m0/s1. The molecule has 4 aliphatic rings. The summed E-state index contributed by atoms with van der Waals surface area (Å²) in [6.45, 7) is -0.587. The molecule has 1 spiro atoms. The van der Waals surface area contributed by atoms with Crippen LogP contribution in [0.5, 0.6) is 0 Å². The smallest absolute Gasteiger partial charge is 0.380 e. The van der Waals surface area contributed by atoms with E-state index in [1.165, 1.54) is 4.90 Å². The molecule has 2 saturated carbocycles. The number of halogens is 3. The van der Waals surface area contributed by atoms with Crippen LogP contribution in [-0.4, -0.2) is 77.3 Å². The van der Waals surface area contributed by atoms with Crippen molar-refractivity contribution in [2.24, 2.45) is 11.3 Å². The van der Waals surface area contributed by atoms with Crippen molar-refractivity contribution in [2.75, 3.05) is 19.7 Å². The van der Waals surface area contributed by atoms with E-state index < -0.39 is 54.2 Å². The molecule has 3 atom stereocenters. The molecule has 0 aromatic heterocycles. The molecule has 0 bridgehead atoms. The number of amides is 3. The van der Waals surface area contributed by atoms with E-state index in [1.54, 1.807) is 0 Å². The maximum Gasteiger partial charge on any atom is 0.522 e. The van der Waals surface area contributed by atoms with Crippen LogP contribution in [0.1, 0.15) is 51.4 Å². The van der Waals surface area contributed by atoms with Gasteiger partial charge in [-0.2, -0.15) is 0 Å². The predicted molar refractivity (Wildman–Crippen MR) is 105 cm³/mol. The lowest BCUT2D eigenvalue weighted by Crippen LogP contribution is -2.58. The number of nitrogens with one attached hydrogen (secondary N) is 2. The number of carbonyl (C=O) groups is 4. The van der Waals surface area contributed by atoms with Crippen LogP contribution >= 0.6 is 0 Å². The summed E-state index contributed by atoms with van der Waals surface area (Å²) in [5.41, 5.74) is -1.68. The van der Waals surface area contributed by atoms with Gasteiger partial charge in [0.15, 0.2) is 5.78 Å². The van der Waals surface area contributed by atoms with Crippen molar-refractivity contribution >= 4 is 23.5 Å². The first-order chi connectivity index (χ1) is 15.4. The number of alkyl halides is 3. The predicted octanol–water partition coefficient (Wildman–Crippen LogP) is 0.399. The van der Waals surface area contributed by atoms with Crippen molar-refractivity contribution < 1.29 is 42.2 Å². The van der Waals surface area contributed by atoms with Gasteiger partial charge in [0, 0.05) is 19.0 Å². The molecule has 2 heterocycles. The monoisotopic (exact) mass is 475 g/mol. The van der Waals surface area contributed by atoms with Crippen LogP contribution in [0.3, 0.4) is 0 Å². The van der Waals surface area contributed by atoms with Crippen LogP contribution < -0.4 is 10.6 Å². The highest BCUT2D eigenvalue weighted by Crippen LogP contribution is 2.55. The first-order valence-electron chi connectivity index (χ1n) is 11.3. The Morgan fingerprint density at radius 3 is 2.45 bits per heavy atom. The lowest BCUT2D eigenvalue weighted by molar-refractivity contribution is -0.321. The minimum absolute atomic E-state index is 0.159. The fraction of sp³-hybridized carbons (Fsp3) is 0.810. The Morgan fingerprint density at radius 1 is 1.24 bits per heavy atom. The Kier molecular flexibility index (Phi) is 6.19. The van der Waals surface area contributed by atoms with Crippen molar-refractivity contribution in [3.63, 3.8) is 0 Å². The van der Waals surface area contributed by atoms with Gasteiger partial charge in [0.1, 0.15) is 18.2 Å². The van der Waals surface area contributed by atoms with Gasteiger partial charge in [-0.05, 0) is 56.8 Å². The van der Waals surface area contributed by atoms with Crippen LogP contribution in [0.2, 0.25) is 0 Å². The van der Waals surface area contributed by atoms with Crippen molar-refractivity contribution in [1.29, 1.82) is 0 Å². The summed E-state index contributed by atoms with van der Waals surface area (Å²) in [6.07, 6.45) is -1.41. The number of nitrogens with zero attached hydrogens (tertiary/aromatic N) is 1. The van der Waals surface area contributed by atoms with Crippen LogP contribution in [0.15, 0.2) is 0 Å². The molecule has 0 aromatic carbocycles. The fourth-order valence-corrected chi connectivity index (χ4v) is 4.98. The Balaban J connectivity index is 1.47. The van der Waals surface area contributed by atoms with Crippen molar-refractivity contribution in [2.45, 2.75) is 75.4 Å². The molecule has 33 heavy (non-hydrogen) atoms. The molecule has 9 nitrogen and oxygen atoms in total. The summed E-state index contributed by atoms with van der Waals surface area (Å²) in [7, 11) is 0. The van der Waals surface area contributed by atoms with E-state index in [-0.39, 0.29) is 17.7 Å². The van der Waals surface area contributed by atoms with Crippen LogP contribution in [0.4, 0.5) is 13.2 Å². The van der Waals surface area contributed by atoms with Gasteiger partial charge >= 0.3 is 6.36 Å². The summed E-state index contributed by atoms with van der Waals surface area (Å²) in [6, 6.07) is -2.30. The second-order valence-corrected chi connectivity index (χ2v) is 9.81. The Hall–Kier alpha value is -2.21. The quantitative estimate of drug-likeness (QED) is 0.467. The van der Waals surface area contributed by atoms with E-state index in [1.807, 2.05) is 0 Å².